The normalized spacial score (nSPS) is 12.1. The predicted octanol–water partition coefficient (Wildman–Crippen LogP) is 6.18. The number of hydrogen-bond acceptors (Lipinski definition) is 2. The third-order valence-electron chi connectivity index (χ3n) is 5.89. The van der Waals surface area contributed by atoms with Crippen LogP contribution in [0.5, 0.6) is 5.75 Å². The highest BCUT2D eigenvalue weighted by Crippen LogP contribution is 2.52. The van der Waals surface area contributed by atoms with Gasteiger partial charge in [-0.1, -0.05) is 52.3 Å². The SMILES string of the molecule is CCN(CC)c1cccc(C)c1PC(CC)(CC)c1cc(C)cc(C)c1O. The summed E-state index contributed by atoms with van der Waals surface area (Å²) in [6.45, 7) is 17.4. The van der Waals surface area contributed by atoms with Crippen LogP contribution in [-0.4, -0.2) is 18.2 Å². The molecule has 1 unspecified atom stereocenters. The largest absolute Gasteiger partial charge is 0.507 e. The van der Waals surface area contributed by atoms with Crippen molar-refractivity contribution < 1.29 is 5.11 Å². The van der Waals surface area contributed by atoms with Crippen LogP contribution in [0.4, 0.5) is 5.69 Å². The van der Waals surface area contributed by atoms with E-state index in [-0.39, 0.29) is 5.16 Å². The summed E-state index contributed by atoms with van der Waals surface area (Å²) in [5.41, 5.74) is 6.04. The van der Waals surface area contributed by atoms with Gasteiger partial charge in [0.1, 0.15) is 5.75 Å². The van der Waals surface area contributed by atoms with Crippen molar-refractivity contribution in [3.05, 3.63) is 52.6 Å². The lowest BCUT2D eigenvalue weighted by molar-refractivity contribution is 0.444. The van der Waals surface area contributed by atoms with Crippen LogP contribution >= 0.6 is 8.58 Å². The number of aryl methyl sites for hydroxylation is 3. The van der Waals surface area contributed by atoms with Gasteiger partial charge >= 0.3 is 0 Å². The molecular weight excluding hydrogens is 349 g/mol. The molecule has 0 heterocycles. The van der Waals surface area contributed by atoms with Gasteiger partial charge < -0.3 is 10.0 Å². The van der Waals surface area contributed by atoms with Crippen molar-refractivity contribution in [3.8, 4) is 5.75 Å². The van der Waals surface area contributed by atoms with Gasteiger partial charge in [0.15, 0.2) is 0 Å². The average Bonchev–Trinajstić information content (AvgIpc) is 2.66. The molecule has 0 aliphatic carbocycles. The quantitative estimate of drug-likeness (QED) is 0.548. The maximum Gasteiger partial charge on any atom is 0.122 e. The fraction of sp³-hybridized carbons (Fsp3) is 0.500. The van der Waals surface area contributed by atoms with E-state index in [4.69, 9.17) is 0 Å². The molecule has 0 bridgehead atoms. The number of hydrogen-bond donors (Lipinski definition) is 1. The maximum absolute atomic E-state index is 10.9. The van der Waals surface area contributed by atoms with Gasteiger partial charge in [-0.25, -0.2) is 0 Å². The third-order valence-corrected chi connectivity index (χ3v) is 8.24. The molecule has 2 aromatic carbocycles. The van der Waals surface area contributed by atoms with Gasteiger partial charge in [-0.05, 0) is 70.0 Å². The van der Waals surface area contributed by atoms with Gasteiger partial charge in [-0.2, -0.15) is 0 Å². The molecule has 0 aliphatic rings. The van der Waals surface area contributed by atoms with E-state index in [1.54, 1.807) is 0 Å². The smallest absolute Gasteiger partial charge is 0.122 e. The van der Waals surface area contributed by atoms with Crippen molar-refractivity contribution in [1.29, 1.82) is 0 Å². The summed E-state index contributed by atoms with van der Waals surface area (Å²) in [6, 6.07) is 10.9. The van der Waals surface area contributed by atoms with E-state index >= 15 is 0 Å². The molecule has 148 valence electrons. The van der Waals surface area contributed by atoms with Crippen LogP contribution in [0.3, 0.4) is 0 Å². The molecule has 0 saturated carbocycles. The van der Waals surface area contributed by atoms with E-state index in [1.165, 1.54) is 22.1 Å². The van der Waals surface area contributed by atoms with Gasteiger partial charge in [-0.3, -0.25) is 0 Å². The summed E-state index contributed by atoms with van der Waals surface area (Å²) in [6.07, 6.45) is 2.04. The minimum absolute atomic E-state index is 0.0329. The van der Waals surface area contributed by atoms with Crippen molar-refractivity contribution in [2.24, 2.45) is 0 Å². The molecule has 0 saturated heterocycles. The fourth-order valence-corrected chi connectivity index (χ4v) is 5.89. The highest BCUT2D eigenvalue weighted by atomic mass is 31.1. The summed E-state index contributed by atoms with van der Waals surface area (Å²) in [7, 11) is 0.627. The van der Waals surface area contributed by atoms with E-state index in [0.29, 0.717) is 14.3 Å². The molecule has 0 fully saturated rings. The van der Waals surface area contributed by atoms with E-state index in [1.807, 2.05) is 6.92 Å². The van der Waals surface area contributed by atoms with Crippen molar-refractivity contribution in [2.45, 2.75) is 66.5 Å². The lowest BCUT2D eigenvalue weighted by Gasteiger charge is -2.36. The van der Waals surface area contributed by atoms with Crippen molar-refractivity contribution in [1.82, 2.24) is 0 Å². The Kier molecular flexibility index (Phi) is 7.34. The van der Waals surface area contributed by atoms with Crippen molar-refractivity contribution in [2.75, 3.05) is 18.0 Å². The second kappa shape index (κ2) is 9.11. The maximum atomic E-state index is 10.9. The molecular formula is C24H36NOP. The summed E-state index contributed by atoms with van der Waals surface area (Å²) in [4.78, 5) is 2.45. The number of rotatable bonds is 8. The average molecular weight is 386 g/mol. The Morgan fingerprint density at radius 1 is 0.926 bits per heavy atom. The zero-order valence-corrected chi connectivity index (χ0v) is 19.1. The number of aromatic hydroxyl groups is 1. The van der Waals surface area contributed by atoms with E-state index in [2.05, 4.69) is 76.8 Å². The molecule has 0 spiro atoms. The van der Waals surface area contributed by atoms with E-state index < -0.39 is 0 Å². The fourth-order valence-electron chi connectivity index (χ4n) is 4.08. The number of nitrogens with zero attached hydrogens (tertiary/aromatic N) is 1. The van der Waals surface area contributed by atoms with Gasteiger partial charge in [0, 0.05) is 29.5 Å². The highest BCUT2D eigenvalue weighted by Gasteiger charge is 2.33. The first kappa shape index (κ1) is 21.8. The van der Waals surface area contributed by atoms with Crippen LogP contribution in [0.15, 0.2) is 30.3 Å². The second-order valence-electron chi connectivity index (χ2n) is 7.53. The number of phenols is 1. The predicted molar refractivity (Wildman–Crippen MR) is 123 cm³/mol. The minimum atomic E-state index is -0.0329. The second-order valence-corrected chi connectivity index (χ2v) is 9.24. The zero-order chi connectivity index (χ0) is 20.2. The molecule has 2 aromatic rings. The molecule has 1 N–H and O–H groups in total. The summed E-state index contributed by atoms with van der Waals surface area (Å²) in [5, 5.41) is 12.3. The molecule has 27 heavy (non-hydrogen) atoms. The first-order valence-electron chi connectivity index (χ1n) is 10.3. The zero-order valence-electron chi connectivity index (χ0n) is 18.1. The monoisotopic (exact) mass is 385 g/mol. The Labute approximate surface area is 167 Å². The van der Waals surface area contributed by atoms with Crippen LogP contribution < -0.4 is 10.2 Å². The lowest BCUT2D eigenvalue weighted by Crippen LogP contribution is -2.30. The van der Waals surface area contributed by atoms with E-state index in [9.17, 15) is 5.11 Å². The standard InChI is InChI=1S/C24H36NOP/c1-8-24(9-2,20-16-17(5)15-19(7)22(20)26)27-23-18(6)13-12-14-21(23)25(10-3)11-4/h12-16,26-27H,8-11H2,1-7H3. The molecule has 0 radical (unpaired) electrons. The first-order valence-corrected chi connectivity index (χ1v) is 11.3. The highest BCUT2D eigenvalue weighted by molar-refractivity contribution is 7.49. The summed E-state index contributed by atoms with van der Waals surface area (Å²) < 4.78 is 0. The minimum Gasteiger partial charge on any atom is -0.507 e. The molecule has 0 aromatic heterocycles. The van der Waals surface area contributed by atoms with Crippen LogP contribution in [-0.2, 0) is 5.16 Å². The molecule has 0 aliphatic heterocycles. The summed E-state index contributed by atoms with van der Waals surface area (Å²) >= 11 is 0. The van der Waals surface area contributed by atoms with Crippen LogP contribution in [0.2, 0.25) is 0 Å². The Bertz CT molecular complexity index is 776. The number of benzene rings is 2. The third kappa shape index (κ3) is 4.32. The van der Waals surface area contributed by atoms with Crippen LogP contribution in [0, 0.1) is 20.8 Å². The van der Waals surface area contributed by atoms with Crippen LogP contribution in [0.25, 0.3) is 0 Å². The molecule has 2 nitrogen and oxygen atoms in total. The van der Waals surface area contributed by atoms with Gasteiger partial charge in [0.05, 0.1) is 0 Å². The Balaban J connectivity index is 2.65. The van der Waals surface area contributed by atoms with Gasteiger partial charge in [0.2, 0.25) is 0 Å². The molecule has 3 heteroatoms. The molecule has 1 atom stereocenters. The topological polar surface area (TPSA) is 23.5 Å². The lowest BCUT2D eigenvalue weighted by atomic mass is 9.89. The van der Waals surface area contributed by atoms with Gasteiger partial charge in [-0.15, -0.1) is 0 Å². The van der Waals surface area contributed by atoms with Crippen LogP contribution in [0.1, 0.15) is 62.8 Å². The Hall–Kier alpha value is -1.53. The van der Waals surface area contributed by atoms with Crippen molar-refractivity contribution in [3.63, 3.8) is 0 Å². The first-order chi connectivity index (χ1) is 12.8. The number of anilines is 1. The number of phenolic OH excluding ortho intramolecular Hbond substituents is 1. The Morgan fingerprint density at radius 3 is 2.11 bits per heavy atom. The van der Waals surface area contributed by atoms with Crippen molar-refractivity contribution >= 4 is 19.6 Å². The van der Waals surface area contributed by atoms with E-state index in [0.717, 1.165) is 37.1 Å². The Morgan fingerprint density at radius 2 is 1.56 bits per heavy atom. The van der Waals surface area contributed by atoms with Gasteiger partial charge in [0.25, 0.3) is 0 Å². The summed E-state index contributed by atoms with van der Waals surface area (Å²) in [5.74, 6) is 0.481. The molecule has 2 rings (SSSR count). The molecule has 0 amide bonds.